The Morgan fingerprint density at radius 3 is 0.818 bits per heavy atom. The van der Waals surface area contributed by atoms with Crippen molar-refractivity contribution in [3.05, 3.63) is 24.3 Å². The van der Waals surface area contributed by atoms with E-state index in [1.165, 1.54) is 0 Å². The zero-order valence-corrected chi connectivity index (χ0v) is 17.5. The molecule has 0 saturated heterocycles. The molecule has 0 spiro atoms. The fraction of sp³-hybridized carbons (Fsp3) is 0.818. The molecule has 0 rings (SSSR count). The Hall–Kier alpha value is -0.520. The zero-order chi connectivity index (χ0) is 18.0. The Balaban J connectivity index is 5.79. The monoisotopic (exact) mass is 306 g/mol. The predicted octanol–water partition coefficient (Wildman–Crippen LogP) is 7.52. The molecule has 0 unspecified atom stereocenters. The first-order valence-electron chi connectivity index (χ1n) is 8.82. The second-order valence-electron chi connectivity index (χ2n) is 11.2. The van der Waals surface area contributed by atoms with Crippen LogP contribution in [0, 0.1) is 33.5 Å². The van der Waals surface area contributed by atoms with Gasteiger partial charge in [-0.3, -0.25) is 0 Å². The lowest BCUT2D eigenvalue weighted by molar-refractivity contribution is 0.141. The first kappa shape index (κ1) is 21.5. The highest BCUT2D eigenvalue weighted by molar-refractivity contribution is 5.10. The molecule has 0 amide bonds. The second-order valence-corrected chi connectivity index (χ2v) is 11.2. The van der Waals surface area contributed by atoms with Crippen LogP contribution in [0.4, 0.5) is 0 Å². The molecular weight excluding hydrogens is 264 g/mol. The van der Waals surface area contributed by atoms with Gasteiger partial charge in [0.25, 0.3) is 0 Å². The average molecular weight is 307 g/mol. The van der Waals surface area contributed by atoms with Gasteiger partial charge in [-0.1, -0.05) is 107 Å². The van der Waals surface area contributed by atoms with Crippen molar-refractivity contribution in [3.8, 4) is 0 Å². The van der Waals surface area contributed by atoms with Gasteiger partial charge in [-0.2, -0.15) is 0 Å². The van der Waals surface area contributed by atoms with E-state index < -0.39 is 0 Å². The highest BCUT2D eigenvalue weighted by atomic mass is 14.4. The molecule has 0 aliphatic rings. The van der Waals surface area contributed by atoms with E-state index >= 15 is 0 Å². The maximum Gasteiger partial charge on any atom is -0.0117 e. The molecule has 0 aromatic heterocycles. The lowest BCUT2D eigenvalue weighted by atomic mass is 9.63. The molecule has 0 fully saturated rings. The lowest BCUT2D eigenvalue weighted by Crippen LogP contribution is -2.34. The van der Waals surface area contributed by atoms with E-state index in [1.807, 2.05) is 0 Å². The maximum absolute atomic E-state index is 2.48. The minimum atomic E-state index is 0.236. The van der Waals surface area contributed by atoms with Gasteiger partial charge >= 0.3 is 0 Å². The molecule has 22 heavy (non-hydrogen) atoms. The van der Waals surface area contributed by atoms with Crippen molar-refractivity contribution in [2.45, 2.75) is 83.1 Å². The van der Waals surface area contributed by atoms with E-state index in [9.17, 15) is 0 Å². The van der Waals surface area contributed by atoms with Crippen molar-refractivity contribution in [2.24, 2.45) is 33.5 Å². The highest BCUT2D eigenvalue weighted by Crippen LogP contribution is 2.44. The Kier molecular flexibility index (Phi) is 6.77. The van der Waals surface area contributed by atoms with Crippen LogP contribution in [0.2, 0.25) is 0 Å². The summed E-state index contributed by atoms with van der Waals surface area (Å²) < 4.78 is 0. The molecule has 0 saturated carbocycles. The minimum Gasteiger partial charge on any atom is -0.0838 e. The Labute approximate surface area is 141 Å². The van der Waals surface area contributed by atoms with E-state index in [-0.39, 0.29) is 21.7 Å². The van der Waals surface area contributed by atoms with Gasteiger partial charge in [0.05, 0.1) is 0 Å². The van der Waals surface area contributed by atoms with E-state index in [0.717, 1.165) is 0 Å². The van der Waals surface area contributed by atoms with Crippen LogP contribution >= 0.6 is 0 Å². The summed E-state index contributed by atoms with van der Waals surface area (Å²) in [4.78, 5) is 0. The summed E-state index contributed by atoms with van der Waals surface area (Å²) in [5, 5.41) is 0. The SMILES string of the molecule is CC(C)(C)/C=C\[C@H]([C@H](/C=C\C(C)(C)C)C(C)(C)C)C(C)(C)C. The van der Waals surface area contributed by atoms with Crippen LogP contribution in [0.25, 0.3) is 0 Å². The van der Waals surface area contributed by atoms with E-state index in [0.29, 0.717) is 11.8 Å². The fourth-order valence-corrected chi connectivity index (χ4v) is 2.68. The summed E-state index contributed by atoms with van der Waals surface area (Å²) >= 11 is 0. The molecule has 0 aliphatic heterocycles. The molecule has 130 valence electrons. The average Bonchev–Trinajstić information content (AvgIpc) is 2.15. The summed E-state index contributed by atoms with van der Waals surface area (Å²) in [5.41, 5.74) is 0.975. The summed E-state index contributed by atoms with van der Waals surface area (Å²) in [7, 11) is 0. The molecule has 0 nitrogen and oxygen atoms in total. The van der Waals surface area contributed by atoms with Crippen molar-refractivity contribution in [3.63, 3.8) is 0 Å². The third kappa shape index (κ3) is 8.81. The second kappa shape index (κ2) is 6.93. The smallest absolute Gasteiger partial charge is 0.0117 e. The van der Waals surface area contributed by atoms with Crippen LogP contribution in [0.3, 0.4) is 0 Å². The fourth-order valence-electron chi connectivity index (χ4n) is 2.68. The quantitative estimate of drug-likeness (QED) is 0.473. The van der Waals surface area contributed by atoms with Gasteiger partial charge in [-0.05, 0) is 33.5 Å². The molecular formula is C22H42. The van der Waals surface area contributed by atoms with Crippen molar-refractivity contribution in [1.29, 1.82) is 0 Å². The number of hydrogen-bond acceptors (Lipinski definition) is 0. The Morgan fingerprint density at radius 1 is 0.455 bits per heavy atom. The van der Waals surface area contributed by atoms with E-state index in [2.05, 4.69) is 107 Å². The van der Waals surface area contributed by atoms with Crippen LogP contribution in [-0.4, -0.2) is 0 Å². The van der Waals surface area contributed by atoms with Gasteiger partial charge in [-0.15, -0.1) is 0 Å². The van der Waals surface area contributed by atoms with Crippen molar-refractivity contribution in [2.75, 3.05) is 0 Å². The molecule has 0 bridgehead atoms. The lowest BCUT2D eigenvalue weighted by Gasteiger charge is -2.41. The first-order chi connectivity index (χ1) is 9.43. The van der Waals surface area contributed by atoms with Crippen molar-refractivity contribution in [1.82, 2.24) is 0 Å². The molecule has 0 N–H and O–H groups in total. The molecule has 0 aromatic rings. The normalized spacial score (nSPS) is 18.2. The van der Waals surface area contributed by atoms with Gasteiger partial charge in [0.15, 0.2) is 0 Å². The number of rotatable bonds is 3. The predicted molar refractivity (Wildman–Crippen MR) is 103 cm³/mol. The van der Waals surface area contributed by atoms with Crippen LogP contribution in [0.15, 0.2) is 24.3 Å². The van der Waals surface area contributed by atoms with Crippen LogP contribution in [0.1, 0.15) is 83.1 Å². The van der Waals surface area contributed by atoms with Gasteiger partial charge in [-0.25, -0.2) is 0 Å². The van der Waals surface area contributed by atoms with Crippen LogP contribution in [-0.2, 0) is 0 Å². The number of hydrogen-bond donors (Lipinski definition) is 0. The van der Waals surface area contributed by atoms with E-state index in [1.54, 1.807) is 0 Å². The summed E-state index contributed by atoms with van der Waals surface area (Å²) in [5.74, 6) is 1.07. The largest absolute Gasteiger partial charge is 0.0838 e. The molecule has 0 heteroatoms. The maximum atomic E-state index is 2.48. The molecule has 0 heterocycles. The minimum absolute atomic E-state index is 0.236. The summed E-state index contributed by atoms with van der Waals surface area (Å²) in [6.45, 7) is 27.9. The molecule has 0 radical (unpaired) electrons. The van der Waals surface area contributed by atoms with Gasteiger partial charge in [0.2, 0.25) is 0 Å². The van der Waals surface area contributed by atoms with Gasteiger partial charge < -0.3 is 0 Å². The Bertz CT molecular complexity index is 340. The molecule has 0 aromatic carbocycles. The third-order valence-electron chi connectivity index (χ3n) is 3.99. The Morgan fingerprint density at radius 2 is 0.682 bits per heavy atom. The zero-order valence-electron chi connectivity index (χ0n) is 17.5. The van der Waals surface area contributed by atoms with Crippen molar-refractivity contribution < 1.29 is 0 Å². The topological polar surface area (TPSA) is 0 Å². The van der Waals surface area contributed by atoms with E-state index in [4.69, 9.17) is 0 Å². The van der Waals surface area contributed by atoms with Crippen molar-refractivity contribution >= 4 is 0 Å². The molecule has 2 atom stereocenters. The highest BCUT2D eigenvalue weighted by Gasteiger charge is 2.36. The van der Waals surface area contributed by atoms with Gasteiger partial charge in [0, 0.05) is 0 Å². The molecule has 0 aliphatic carbocycles. The number of allylic oxidation sites excluding steroid dienone is 4. The van der Waals surface area contributed by atoms with Crippen LogP contribution < -0.4 is 0 Å². The van der Waals surface area contributed by atoms with Crippen LogP contribution in [0.5, 0.6) is 0 Å². The third-order valence-corrected chi connectivity index (χ3v) is 3.99. The standard InChI is InChI=1S/C22H42/c1-19(2,3)15-13-17(21(7,8)9)18(22(10,11)12)14-16-20(4,5)6/h13-18H,1-12H3/b15-13-,16-14-/t17-,18+. The van der Waals surface area contributed by atoms with Gasteiger partial charge in [0.1, 0.15) is 0 Å². The summed E-state index contributed by atoms with van der Waals surface area (Å²) in [6, 6.07) is 0. The summed E-state index contributed by atoms with van der Waals surface area (Å²) in [6.07, 6.45) is 9.74. The first-order valence-corrected chi connectivity index (χ1v) is 8.82.